The number of hydrogen-bond donors (Lipinski definition) is 2. The van der Waals surface area contributed by atoms with Gasteiger partial charge in [-0.2, -0.15) is 0 Å². The summed E-state index contributed by atoms with van der Waals surface area (Å²) < 4.78 is 0. The van der Waals surface area contributed by atoms with E-state index in [-0.39, 0.29) is 18.3 Å². The molecule has 1 saturated heterocycles. The molecule has 0 spiro atoms. The summed E-state index contributed by atoms with van der Waals surface area (Å²) in [6, 6.07) is 15.5. The van der Waals surface area contributed by atoms with Crippen LogP contribution in [0.25, 0.3) is 0 Å². The summed E-state index contributed by atoms with van der Waals surface area (Å²) in [4.78, 5) is 14.7. The summed E-state index contributed by atoms with van der Waals surface area (Å²) in [6.07, 6.45) is 2.19. The molecule has 1 heterocycles. The molecule has 1 fully saturated rings. The van der Waals surface area contributed by atoms with Crippen LogP contribution >= 0.6 is 24.0 Å². The Balaban J connectivity index is 0.00000261. The Kier molecular flexibility index (Phi) is 8.58. The number of piperidine rings is 1. The van der Waals surface area contributed by atoms with Crippen LogP contribution in [0, 0.1) is 5.92 Å². The summed E-state index contributed by atoms with van der Waals surface area (Å²) in [7, 11) is 0. The molecule has 1 aliphatic heterocycles. The number of hydrogen-bond acceptors (Lipinski definition) is 3. The second-order valence-corrected chi connectivity index (χ2v) is 7.33. The van der Waals surface area contributed by atoms with Crippen molar-refractivity contribution >= 4 is 29.9 Å². The number of halogens is 2. The minimum atomic E-state index is -0.00734. The van der Waals surface area contributed by atoms with Crippen molar-refractivity contribution in [1.29, 1.82) is 0 Å². The lowest BCUT2D eigenvalue weighted by Gasteiger charge is -2.32. The van der Waals surface area contributed by atoms with Crippen LogP contribution in [0.5, 0.6) is 0 Å². The Morgan fingerprint density at radius 3 is 2.41 bits per heavy atom. The molecule has 0 radical (unpaired) electrons. The lowest BCUT2D eigenvalue weighted by atomic mass is 9.96. The molecule has 4 nitrogen and oxygen atoms in total. The van der Waals surface area contributed by atoms with E-state index >= 15 is 0 Å². The van der Waals surface area contributed by atoms with Crippen LogP contribution in [-0.2, 0) is 13.1 Å². The van der Waals surface area contributed by atoms with Gasteiger partial charge in [0.2, 0.25) is 0 Å². The number of carbonyl (C=O) groups excluding carboxylic acids is 1. The molecule has 1 aliphatic rings. The van der Waals surface area contributed by atoms with Crippen molar-refractivity contribution in [2.75, 3.05) is 19.6 Å². The number of amides is 1. The minimum Gasteiger partial charge on any atom is -0.352 e. The van der Waals surface area contributed by atoms with Gasteiger partial charge in [-0.25, -0.2) is 0 Å². The first-order valence-corrected chi connectivity index (χ1v) is 9.56. The zero-order valence-corrected chi connectivity index (χ0v) is 16.9. The molecule has 3 rings (SSSR count). The van der Waals surface area contributed by atoms with Crippen LogP contribution in [-0.4, -0.2) is 30.4 Å². The highest BCUT2D eigenvalue weighted by Crippen LogP contribution is 2.22. The van der Waals surface area contributed by atoms with E-state index < -0.39 is 0 Å². The molecular weight excluding hydrogens is 381 g/mol. The second kappa shape index (κ2) is 10.7. The zero-order valence-electron chi connectivity index (χ0n) is 15.4. The van der Waals surface area contributed by atoms with Gasteiger partial charge in [0.1, 0.15) is 0 Å². The third kappa shape index (κ3) is 6.22. The SMILES string of the molecule is Cl.NCc1ccc(C(=O)NCC2CCN(Cc3ccccc3Cl)CC2)cc1. The van der Waals surface area contributed by atoms with Gasteiger partial charge in [0.05, 0.1) is 0 Å². The minimum absolute atomic E-state index is 0. The number of carbonyl (C=O) groups is 1. The fraction of sp³-hybridized carbons (Fsp3) is 0.381. The number of benzene rings is 2. The maximum Gasteiger partial charge on any atom is 0.251 e. The normalized spacial score (nSPS) is 15.2. The van der Waals surface area contributed by atoms with E-state index in [0.717, 1.165) is 49.6 Å². The topological polar surface area (TPSA) is 58.4 Å². The van der Waals surface area contributed by atoms with Crippen LogP contribution in [0.3, 0.4) is 0 Å². The van der Waals surface area contributed by atoms with E-state index in [0.29, 0.717) is 18.0 Å². The smallest absolute Gasteiger partial charge is 0.251 e. The molecule has 146 valence electrons. The summed E-state index contributed by atoms with van der Waals surface area (Å²) in [5.41, 5.74) is 8.50. The summed E-state index contributed by atoms with van der Waals surface area (Å²) in [5.74, 6) is 0.525. The van der Waals surface area contributed by atoms with Gasteiger partial charge in [-0.05, 0) is 61.2 Å². The molecular formula is C21H27Cl2N3O. The van der Waals surface area contributed by atoms with E-state index in [1.54, 1.807) is 0 Å². The van der Waals surface area contributed by atoms with Crippen LogP contribution < -0.4 is 11.1 Å². The number of nitrogens with two attached hydrogens (primary N) is 1. The van der Waals surface area contributed by atoms with Crippen molar-refractivity contribution in [1.82, 2.24) is 10.2 Å². The first-order valence-electron chi connectivity index (χ1n) is 9.18. The van der Waals surface area contributed by atoms with Crippen LogP contribution in [0.4, 0.5) is 0 Å². The lowest BCUT2D eigenvalue weighted by Crippen LogP contribution is -2.38. The lowest BCUT2D eigenvalue weighted by molar-refractivity contribution is 0.0935. The van der Waals surface area contributed by atoms with Crippen molar-refractivity contribution in [3.05, 3.63) is 70.2 Å². The predicted molar refractivity (Wildman–Crippen MR) is 113 cm³/mol. The van der Waals surface area contributed by atoms with Crippen molar-refractivity contribution in [3.8, 4) is 0 Å². The molecule has 0 unspecified atom stereocenters. The van der Waals surface area contributed by atoms with Crippen LogP contribution in [0.1, 0.15) is 34.3 Å². The summed E-state index contributed by atoms with van der Waals surface area (Å²) in [5, 5.41) is 3.91. The van der Waals surface area contributed by atoms with Crippen molar-refractivity contribution in [2.45, 2.75) is 25.9 Å². The van der Waals surface area contributed by atoms with Gasteiger partial charge in [0, 0.05) is 30.2 Å². The highest BCUT2D eigenvalue weighted by Gasteiger charge is 2.20. The monoisotopic (exact) mass is 407 g/mol. The molecule has 0 bridgehead atoms. The Morgan fingerprint density at radius 1 is 1.11 bits per heavy atom. The number of nitrogens with zero attached hydrogens (tertiary/aromatic N) is 1. The van der Waals surface area contributed by atoms with E-state index in [4.69, 9.17) is 17.3 Å². The van der Waals surface area contributed by atoms with Gasteiger partial charge in [0.15, 0.2) is 0 Å². The van der Waals surface area contributed by atoms with Crippen molar-refractivity contribution < 1.29 is 4.79 Å². The van der Waals surface area contributed by atoms with Crippen LogP contribution in [0.2, 0.25) is 5.02 Å². The van der Waals surface area contributed by atoms with E-state index in [9.17, 15) is 4.79 Å². The standard InChI is InChI=1S/C21H26ClN3O.ClH/c22-20-4-2-1-3-19(20)15-25-11-9-17(10-12-25)14-24-21(26)18-7-5-16(13-23)6-8-18;/h1-8,17H,9-15,23H2,(H,24,26);1H. The highest BCUT2D eigenvalue weighted by molar-refractivity contribution is 6.31. The van der Waals surface area contributed by atoms with E-state index in [1.807, 2.05) is 42.5 Å². The Hall–Kier alpha value is -1.59. The van der Waals surface area contributed by atoms with E-state index in [2.05, 4.69) is 16.3 Å². The largest absolute Gasteiger partial charge is 0.352 e. The molecule has 0 aromatic heterocycles. The Labute approximate surface area is 172 Å². The molecule has 0 atom stereocenters. The fourth-order valence-corrected chi connectivity index (χ4v) is 3.54. The van der Waals surface area contributed by atoms with Gasteiger partial charge in [-0.15, -0.1) is 12.4 Å². The summed E-state index contributed by atoms with van der Waals surface area (Å²) >= 11 is 6.25. The fourth-order valence-electron chi connectivity index (χ4n) is 3.35. The molecule has 0 aliphatic carbocycles. The van der Waals surface area contributed by atoms with Gasteiger partial charge in [0.25, 0.3) is 5.91 Å². The molecule has 27 heavy (non-hydrogen) atoms. The Bertz CT molecular complexity index is 728. The Morgan fingerprint density at radius 2 is 1.78 bits per heavy atom. The summed E-state index contributed by atoms with van der Waals surface area (Å²) in [6.45, 7) is 4.20. The molecule has 3 N–H and O–H groups in total. The maximum atomic E-state index is 12.3. The first kappa shape index (κ1) is 21.7. The van der Waals surface area contributed by atoms with Crippen LogP contribution in [0.15, 0.2) is 48.5 Å². The second-order valence-electron chi connectivity index (χ2n) is 6.92. The van der Waals surface area contributed by atoms with Gasteiger partial charge in [-0.1, -0.05) is 41.9 Å². The van der Waals surface area contributed by atoms with Gasteiger partial charge in [-0.3, -0.25) is 9.69 Å². The molecule has 1 amide bonds. The third-order valence-corrected chi connectivity index (χ3v) is 5.43. The first-order chi connectivity index (χ1) is 12.7. The van der Waals surface area contributed by atoms with Crippen molar-refractivity contribution in [3.63, 3.8) is 0 Å². The molecule has 2 aromatic rings. The third-order valence-electron chi connectivity index (χ3n) is 5.06. The number of likely N-dealkylation sites (tertiary alicyclic amines) is 1. The van der Waals surface area contributed by atoms with E-state index in [1.165, 1.54) is 5.56 Å². The molecule has 6 heteroatoms. The zero-order chi connectivity index (χ0) is 18.4. The van der Waals surface area contributed by atoms with Gasteiger partial charge >= 0.3 is 0 Å². The average molecular weight is 408 g/mol. The molecule has 0 saturated carbocycles. The molecule has 2 aromatic carbocycles. The number of nitrogens with one attached hydrogen (secondary N) is 1. The predicted octanol–water partition coefficient (Wildman–Crippen LogP) is 3.86. The van der Waals surface area contributed by atoms with Gasteiger partial charge < -0.3 is 11.1 Å². The maximum absolute atomic E-state index is 12.3. The average Bonchev–Trinajstić information content (AvgIpc) is 2.69. The quantitative estimate of drug-likeness (QED) is 0.763. The highest BCUT2D eigenvalue weighted by atomic mass is 35.5. The van der Waals surface area contributed by atoms with Crippen molar-refractivity contribution in [2.24, 2.45) is 11.7 Å². The number of rotatable bonds is 6.